The molecule has 0 aromatic heterocycles. The number of hydrogen-bond acceptors (Lipinski definition) is 2. The first-order chi connectivity index (χ1) is 8.44. The zero-order chi connectivity index (χ0) is 13.6. The van der Waals surface area contributed by atoms with Crippen molar-refractivity contribution in [2.45, 2.75) is 31.5 Å². The fourth-order valence-corrected chi connectivity index (χ4v) is 1.73. The molecule has 0 aliphatic carbocycles. The molecule has 18 heavy (non-hydrogen) atoms. The molecule has 2 nitrogen and oxygen atoms in total. The minimum atomic E-state index is -4.09. The Kier molecular flexibility index (Phi) is 5.47. The average molecular weight is 261 g/mol. The smallest absolute Gasteiger partial charge is 0.389 e. The van der Waals surface area contributed by atoms with Crippen molar-refractivity contribution in [1.29, 1.82) is 0 Å². The molecule has 1 rings (SSSR count). The number of rotatable bonds is 6. The van der Waals surface area contributed by atoms with Crippen molar-refractivity contribution in [3.8, 4) is 5.75 Å². The van der Waals surface area contributed by atoms with Crippen LogP contribution in [0, 0.1) is 0 Å². The van der Waals surface area contributed by atoms with Crippen LogP contribution in [0.15, 0.2) is 24.3 Å². The predicted molar refractivity (Wildman–Crippen MR) is 64.8 cm³/mol. The van der Waals surface area contributed by atoms with Crippen LogP contribution in [0.5, 0.6) is 5.75 Å². The number of halogens is 3. The number of ether oxygens (including phenoxy) is 1. The van der Waals surface area contributed by atoms with Crippen LogP contribution >= 0.6 is 0 Å². The van der Waals surface area contributed by atoms with Gasteiger partial charge >= 0.3 is 6.18 Å². The first kappa shape index (κ1) is 14.8. The molecular weight excluding hydrogens is 243 g/mol. The van der Waals surface area contributed by atoms with Crippen molar-refractivity contribution in [2.75, 3.05) is 14.2 Å². The van der Waals surface area contributed by atoms with E-state index < -0.39 is 12.6 Å². The Hall–Kier alpha value is -1.23. The summed E-state index contributed by atoms with van der Waals surface area (Å²) < 4.78 is 41.5. The van der Waals surface area contributed by atoms with Crippen molar-refractivity contribution >= 4 is 0 Å². The van der Waals surface area contributed by atoms with Gasteiger partial charge in [-0.25, -0.2) is 0 Å². The molecule has 0 amide bonds. The summed E-state index contributed by atoms with van der Waals surface area (Å²) in [5, 5.41) is 2.92. The zero-order valence-corrected chi connectivity index (χ0v) is 10.6. The van der Waals surface area contributed by atoms with Gasteiger partial charge < -0.3 is 10.1 Å². The lowest BCUT2D eigenvalue weighted by molar-refractivity contribution is -0.136. The topological polar surface area (TPSA) is 21.3 Å². The third-order valence-electron chi connectivity index (χ3n) is 2.83. The largest absolute Gasteiger partial charge is 0.497 e. The van der Waals surface area contributed by atoms with Crippen LogP contribution in [-0.2, 0) is 6.42 Å². The van der Waals surface area contributed by atoms with Gasteiger partial charge in [-0.1, -0.05) is 12.1 Å². The monoisotopic (exact) mass is 261 g/mol. The van der Waals surface area contributed by atoms with E-state index in [2.05, 4.69) is 5.32 Å². The molecule has 1 aromatic rings. The third kappa shape index (κ3) is 5.40. The summed E-state index contributed by atoms with van der Waals surface area (Å²) >= 11 is 0. The number of methoxy groups -OCH3 is 1. The lowest BCUT2D eigenvalue weighted by Crippen LogP contribution is -2.29. The molecule has 0 bridgehead atoms. The van der Waals surface area contributed by atoms with Crippen LogP contribution in [0.1, 0.15) is 18.4 Å². The van der Waals surface area contributed by atoms with Gasteiger partial charge in [0.25, 0.3) is 0 Å². The van der Waals surface area contributed by atoms with Crippen molar-refractivity contribution in [3.05, 3.63) is 29.8 Å². The van der Waals surface area contributed by atoms with E-state index in [-0.39, 0.29) is 12.5 Å². The molecule has 0 radical (unpaired) electrons. The summed E-state index contributed by atoms with van der Waals surface area (Å²) in [4.78, 5) is 0. The van der Waals surface area contributed by atoms with E-state index in [0.29, 0.717) is 6.42 Å². The number of likely N-dealkylation sites (N-methyl/N-ethyl adjacent to an activating group) is 1. The summed E-state index contributed by atoms with van der Waals surface area (Å²) in [6.45, 7) is 0. The molecule has 1 N–H and O–H groups in total. The molecule has 0 fully saturated rings. The van der Waals surface area contributed by atoms with Gasteiger partial charge in [0.15, 0.2) is 0 Å². The fraction of sp³-hybridized carbons (Fsp3) is 0.538. The highest BCUT2D eigenvalue weighted by molar-refractivity contribution is 5.27. The quantitative estimate of drug-likeness (QED) is 0.849. The highest BCUT2D eigenvalue weighted by atomic mass is 19.4. The summed E-state index contributed by atoms with van der Waals surface area (Å²) in [6, 6.07) is 7.20. The van der Waals surface area contributed by atoms with Crippen LogP contribution in [0.2, 0.25) is 0 Å². The van der Waals surface area contributed by atoms with E-state index in [1.807, 2.05) is 24.3 Å². The highest BCUT2D eigenvalue weighted by Gasteiger charge is 2.27. The normalized spacial score (nSPS) is 13.4. The first-order valence-corrected chi connectivity index (χ1v) is 5.81. The van der Waals surface area contributed by atoms with Gasteiger partial charge in [-0.15, -0.1) is 0 Å². The predicted octanol–water partition coefficient (Wildman–Crippen LogP) is 3.17. The standard InChI is InChI=1S/C13H18F3NO/c1-17-11(7-8-13(14,15)16)9-10-3-5-12(18-2)6-4-10/h3-6,11,17H,7-9H2,1-2H3. The summed E-state index contributed by atoms with van der Waals surface area (Å²) in [6.07, 6.45) is -4.17. The lowest BCUT2D eigenvalue weighted by atomic mass is 10.0. The van der Waals surface area contributed by atoms with Crippen LogP contribution < -0.4 is 10.1 Å². The maximum Gasteiger partial charge on any atom is 0.389 e. The molecule has 0 saturated heterocycles. The van der Waals surface area contributed by atoms with Crippen LogP contribution in [0.3, 0.4) is 0 Å². The Morgan fingerprint density at radius 3 is 2.28 bits per heavy atom. The van der Waals surface area contributed by atoms with E-state index in [9.17, 15) is 13.2 Å². The molecule has 0 aliphatic rings. The van der Waals surface area contributed by atoms with Gasteiger partial charge in [0.05, 0.1) is 7.11 Å². The second-order valence-electron chi connectivity index (χ2n) is 4.19. The SMILES string of the molecule is CNC(CCC(F)(F)F)Cc1ccc(OC)cc1. The number of hydrogen-bond donors (Lipinski definition) is 1. The van der Waals surface area contributed by atoms with E-state index >= 15 is 0 Å². The zero-order valence-electron chi connectivity index (χ0n) is 10.6. The summed E-state index contributed by atoms with van der Waals surface area (Å²) in [7, 11) is 3.26. The van der Waals surface area contributed by atoms with E-state index in [0.717, 1.165) is 11.3 Å². The van der Waals surface area contributed by atoms with Gasteiger partial charge in [0, 0.05) is 12.5 Å². The molecular formula is C13H18F3NO. The molecule has 1 unspecified atom stereocenters. The Bertz CT molecular complexity index is 348. The van der Waals surface area contributed by atoms with E-state index in [1.165, 1.54) is 0 Å². The van der Waals surface area contributed by atoms with Crippen LogP contribution in [0.4, 0.5) is 13.2 Å². The summed E-state index contributed by atoms with van der Waals surface area (Å²) in [5.74, 6) is 0.745. The van der Waals surface area contributed by atoms with Crippen molar-refractivity contribution in [2.24, 2.45) is 0 Å². The van der Waals surface area contributed by atoms with Crippen molar-refractivity contribution in [3.63, 3.8) is 0 Å². The lowest BCUT2D eigenvalue weighted by Gasteiger charge is -2.17. The molecule has 0 heterocycles. The number of alkyl halides is 3. The van der Waals surface area contributed by atoms with Crippen LogP contribution in [-0.4, -0.2) is 26.4 Å². The van der Waals surface area contributed by atoms with Gasteiger partial charge in [0.2, 0.25) is 0 Å². The molecule has 102 valence electrons. The van der Waals surface area contributed by atoms with Gasteiger partial charge in [0.1, 0.15) is 5.75 Å². The van der Waals surface area contributed by atoms with E-state index in [4.69, 9.17) is 4.74 Å². The van der Waals surface area contributed by atoms with Gasteiger partial charge in [-0.3, -0.25) is 0 Å². The minimum absolute atomic E-state index is 0.0893. The number of nitrogens with one attached hydrogen (secondary N) is 1. The molecule has 0 aliphatic heterocycles. The van der Waals surface area contributed by atoms with Crippen LogP contribution in [0.25, 0.3) is 0 Å². The Morgan fingerprint density at radius 2 is 1.83 bits per heavy atom. The highest BCUT2D eigenvalue weighted by Crippen LogP contribution is 2.23. The van der Waals surface area contributed by atoms with Crippen molar-refractivity contribution in [1.82, 2.24) is 5.32 Å². The maximum atomic E-state index is 12.1. The van der Waals surface area contributed by atoms with E-state index in [1.54, 1.807) is 14.2 Å². The second kappa shape index (κ2) is 6.64. The Balaban J connectivity index is 2.51. The molecule has 5 heteroatoms. The second-order valence-corrected chi connectivity index (χ2v) is 4.19. The van der Waals surface area contributed by atoms with Gasteiger partial charge in [-0.2, -0.15) is 13.2 Å². The third-order valence-corrected chi connectivity index (χ3v) is 2.83. The molecule has 0 spiro atoms. The Morgan fingerprint density at radius 1 is 1.22 bits per heavy atom. The summed E-state index contributed by atoms with van der Waals surface area (Å²) in [5.41, 5.74) is 0.998. The number of benzene rings is 1. The molecule has 0 saturated carbocycles. The minimum Gasteiger partial charge on any atom is -0.497 e. The first-order valence-electron chi connectivity index (χ1n) is 5.81. The Labute approximate surface area is 105 Å². The molecule has 1 aromatic carbocycles. The fourth-order valence-electron chi connectivity index (χ4n) is 1.73. The average Bonchev–Trinajstić information content (AvgIpc) is 2.34. The maximum absolute atomic E-state index is 12.1. The van der Waals surface area contributed by atoms with Crippen molar-refractivity contribution < 1.29 is 17.9 Å². The van der Waals surface area contributed by atoms with Gasteiger partial charge in [-0.05, 0) is 37.6 Å². The molecule has 1 atom stereocenters.